The van der Waals surface area contributed by atoms with Gasteiger partial charge in [-0.3, -0.25) is 4.79 Å². The maximum atomic E-state index is 12.6. The third-order valence-electron chi connectivity index (χ3n) is 4.90. The maximum absolute atomic E-state index is 12.6. The number of nitrogens with zero attached hydrogens (tertiary/aromatic N) is 3. The number of aromatic nitrogens is 2. The van der Waals surface area contributed by atoms with Crippen LogP contribution >= 0.6 is 11.6 Å². The van der Waals surface area contributed by atoms with Crippen LogP contribution in [0.1, 0.15) is 12.8 Å². The van der Waals surface area contributed by atoms with Gasteiger partial charge in [0.25, 0.3) is 5.56 Å². The van der Waals surface area contributed by atoms with E-state index in [1.54, 1.807) is 6.20 Å². The van der Waals surface area contributed by atoms with Crippen molar-refractivity contribution >= 4 is 17.3 Å². The van der Waals surface area contributed by atoms with Gasteiger partial charge in [0.1, 0.15) is 5.02 Å². The highest BCUT2D eigenvalue weighted by Gasteiger charge is 2.34. The number of para-hydroxylation sites is 1. The largest absolute Gasteiger partial charge is 0.381 e. The van der Waals surface area contributed by atoms with Crippen LogP contribution in [0.25, 0.3) is 5.69 Å². The molecule has 7 heteroatoms. The molecule has 1 aromatic carbocycles. The average Bonchev–Trinajstić information content (AvgIpc) is 2.64. The van der Waals surface area contributed by atoms with E-state index >= 15 is 0 Å². The Kier molecular flexibility index (Phi) is 5.42. The normalized spacial score (nSPS) is 16.8. The van der Waals surface area contributed by atoms with Gasteiger partial charge >= 0.3 is 0 Å². The summed E-state index contributed by atoms with van der Waals surface area (Å²) in [5.74, 6) is 0. The van der Waals surface area contributed by atoms with Crippen LogP contribution in [0.3, 0.4) is 0 Å². The molecule has 6 nitrogen and oxygen atoms in total. The van der Waals surface area contributed by atoms with E-state index in [9.17, 15) is 4.79 Å². The number of ether oxygens (including phenoxy) is 1. The molecule has 1 aliphatic heterocycles. The van der Waals surface area contributed by atoms with Gasteiger partial charge in [0.2, 0.25) is 0 Å². The molecular formula is C18H23ClN4O2. The van der Waals surface area contributed by atoms with Crippen LogP contribution in [-0.2, 0) is 4.74 Å². The van der Waals surface area contributed by atoms with Crippen molar-refractivity contribution in [3.63, 3.8) is 0 Å². The summed E-state index contributed by atoms with van der Waals surface area (Å²) in [5.41, 5.74) is 0.904. The minimum absolute atomic E-state index is 0.0180. The molecule has 2 heterocycles. The monoisotopic (exact) mass is 362 g/mol. The van der Waals surface area contributed by atoms with Gasteiger partial charge in [0, 0.05) is 25.3 Å². The van der Waals surface area contributed by atoms with Crippen LogP contribution in [0.2, 0.25) is 5.02 Å². The number of nitrogens with one attached hydrogen (secondary N) is 1. The van der Waals surface area contributed by atoms with Gasteiger partial charge in [-0.15, -0.1) is 0 Å². The summed E-state index contributed by atoms with van der Waals surface area (Å²) in [6, 6.07) is 9.24. The first-order valence-corrected chi connectivity index (χ1v) is 8.74. The van der Waals surface area contributed by atoms with E-state index in [0.717, 1.165) is 26.1 Å². The van der Waals surface area contributed by atoms with Gasteiger partial charge in [0.05, 0.1) is 17.6 Å². The van der Waals surface area contributed by atoms with Crippen LogP contribution in [0.5, 0.6) is 0 Å². The van der Waals surface area contributed by atoms with Gasteiger partial charge in [-0.05, 0) is 39.1 Å². The van der Waals surface area contributed by atoms with Crippen molar-refractivity contribution in [2.24, 2.45) is 0 Å². The van der Waals surface area contributed by atoms with Crippen molar-refractivity contribution in [1.29, 1.82) is 0 Å². The Morgan fingerprint density at radius 2 is 1.96 bits per heavy atom. The van der Waals surface area contributed by atoms with Crippen LogP contribution in [-0.4, -0.2) is 54.1 Å². The predicted molar refractivity (Wildman–Crippen MR) is 99.8 cm³/mol. The zero-order valence-corrected chi connectivity index (χ0v) is 15.3. The molecule has 1 aromatic heterocycles. The summed E-state index contributed by atoms with van der Waals surface area (Å²) in [6.45, 7) is 2.16. The summed E-state index contributed by atoms with van der Waals surface area (Å²) >= 11 is 6.32. The topological polar surface area (TPSA) is 59.4 Å². The second kappa shape index (κ2) is 7.56. The second-order valence-corrected chi connectivity index (χ2v) is 6.89. The first-order valence-electron chi connectivity index (χ1n) is 8.36. The van der Waals surface area contributed by atoms with Gasteiger partial charge in [-0.25, -0.2) is 0 Å². The van der Waals surface area contributed by atoms with Crippen LogP contribution < -0.4 is 10.9 Å². The van der Waals surface area contributed by atoms with E-state index in [0.29, 0.717) is 17.9 Å². The fraction of sp³-hybridized carbons (Fsp3) is 0.444. The van der Waals surface area contributed by atoms with Crippen molar-refractivity contribution in [3.05, 3.63) is 51.9 Å². The molecule has 0 amide bonds. The molecule has 3 rings (SSSR count). The first kappa shape index (κ1) is 17.9. The summed E-state index contributed by atoms with van der Waals surface area (Å²) in [5, 5.41) is 7.73. The Morgan fingerprint density at radius 3 is 2.60 bits per heavy atom. The minimum Gasteiger partial charge on any atom is -0.381 e. The molecule has 0 saturated carbocycles. The molecule has 0 spiro atoms. The van der Waals surface area contributed by atoms with Crippen LogP contribution in [0.15, 0.2) is 41.3 Å². The van der Waals surface area contributed by atoms with Crippen molar-refractivity contribution in [3.8, 4) is 5.69 Å². The van der Waals surface area contributed by atoms with Gasteiger partial charge in [-0.2, -0.15) is 9.78 Å². The van der Waals surface area contributed by atoms with E-state index in [4.69, 9.17) is 16.3 Å². The Bertz CT molecular complexity index is 770. The highest BCUT2D eigenvalue weighted by molar-refractivity contribution is 6.32. The van der Waals surface area contributed by atoms with Crippen molar-refractivity contribution < 1.29 is 4.74 Å². The number of anilines is 1. The van der Waals surface area contributed by atoms with Crippen LogP contribution in [0, 0.1) is 0 Å². The molecule has 1 N–H and O–H groups in total. The van der Waals surface area contributed by atoms with E-state index in [1.807, 2.05) is 30.3 Å². The van der Waals surface area contributed by atoms with Crippen molar-refractivity contribution in [2.75, 3.05) is 39.2 Å². The molecule has 1 saturated heterocycles. The first-order chi connectivity index (χ1) is 12.0. The molecular weight excluding hydrogens is 340 g/mol. The van der Waals surface area contributed by atoms with Gasteiger partial charge < -0.3 is 15.0 Å². The zero-order valence-electron chi connectivity index (χ0n) is 14.5. The van der Waals surface area contributed by atoms with E-state index in [1.165, 1.54) is 4.68 Å². The maximum Gasteiger partial charge on any atom is 0.292 e. The lowest BCUT2D eigenvalue weighted by Gasteiger charge is -2.43. The Balaban J connectivity index is 1.82. The number of rotatable bonds is 5. The molecule has 0 radical (unpaired) electrons. The van der Waals surface area contributed by atoms with E-state index < -0.39 is 0 Å². The minimum atomic E-state index is -0.330. The van der Waals surface area contributed by atoms with Crippen LogP contribution in [0.4, 0.5) is 5.69 Å². The summed E-state index contributed by atoms with van der Waals surface area (Å²) in [6.07, 6.45) is 3.47. The fourth-order valence-corrected chi connectivity index (χ4v) is 3.30. The SMILES string of the molecule is CN(C)C1(CNc2cnn(-c3ccccc3)c(=O)c2Cl)CCOCC1. The molecule has 0 aliphatic carbocycles. The molecule has 0 atom stereocenters. The molecule has 2 aromatic rings. The number of hydrogen-bond acceptors (Lipinski definition) is 5. The Labute approximate surface area is 152 Å². The molecule has 0 bridgehead atoms. The Morgan fingerprint density at radius 1 is 1.28 bits per heavy atom. The fourth-order valence-electron chi connectivity index (χ4n) is 3.10. The lowest BCUT2D eigenvalue weighted by atomic mass is 9.88. The van der Waals surface area contributed by atoms with E-state index in [-0.39, 0.29) is 16.1 Å². The van der Waals surface area contributed by atoms with Gasteiger partial charge in [-0.1, -0.05) is 29.8 Å². The van der Waals surface area contributed by atoms with Gasteiger partial charge in [0.15, 0.2) is 0 Å². The summed E-state index contributed by atoms with van der Waals surface area (Å²) in [7, 11) is 4.14. The lowest BCUT2D eigenvalue weighted by Crippen LogP contribution is -2.53. The van der Waals surface area contributed by atoms with Crippen molar-refractivity contribution in [1.82, 2.24) is 14.7 Å². The number of halogens is 1. The van der Waals surface area contributed by atoms with E-state index in [2.05, 4.69) is 29.4 Å². The van der Waals surface area contributed by atoms with Crippen molar-refractivity contribution in [2.45, 2.75) is 18.4 Å². The Hall–Kier alpha value is -1.89. The highest BCUT2D eigenvalue weighted by Crippen LogP contribution is 2.27. The molecule has 25 heavy (non-hydrogen) atoms. The second-order valence-electron chi connectivity index (χ2n) is 6.51. The third-order valence-corrected chi connectivity index (χ3v) is 5.27. The predicted octanol–water partition coefficient (Wildman–Crippen LogP) is 2.41. The molecule has 1 aliphatic rings. The molecule has 1 fully saturated rings. The number of benzene rings is 1. The number of likely N-dealkylation sites (N-methyl/N-ethyl adjacent to an activating group) is 1. The zero-order chi connectivity index (χ0) is 17.9. The molecule has 0 unspecified atom stereocenters. The smallest absolute Gasteiger partial charge is 0.292 e. The highest BCUT2D eigenvalue weighted by atomic mass is 35.5. The quantitative estimate of drug-likeness (QED) is 0.885. The summed E-state index contributed by atoms with van der Waals surface area (Å²) in [4.78, 5) is 14.8. The molecule has 134 valence electrons. The standard InChI is InChI=1S/C18H23ClN4O2/c1-22(2)18(8-10-25-11-9-18)13-20-15-12-21-23(17(24)16(15)19)14-6-4-3-5-7-14/h3-7,12,20H,8-11,13H2,1-2H3. The lowest BCUT2D eigenvalue weighted by molar-refractivity contribution is -0.000631. The average molecular weight is 363 g/mol. The third kappa shape index (κ3) is 3.71. The summed E-state index contributed by atoms with van der Waals surface area (Å²) < 4.78 is 6.80. The number of hydrogen-bond donors (Lipinski definition) is 1.